The third kappa shape index (κ3) is 3.68. The predicted molar refractivity (Wildman–Crippen MR) is 104 cm³/mol. The van der Waals surface area contributed by atoms with Gasteiger partial charge >= 0.3 is 0 Å². The fourth-order valence-corrected chi connectivity index (χ4v) is 3.71. The molecule has 4 rings (SSSR count). The monoisotopic (exact) mass is 381 g/mol. The molecule has 2 heterocycles. The molecule has 0 amide bonds. The molecule has 138 valence electrons. The lowest BCUT2D eigenvalue weighted by molar-refractivity contribution is 0.102. The van der Waals surface area contributed by atoms with E-state index in [0.717, 1.165) is 11.4 Å². The number of aryl methyl sites for hydroxylation is 1. The van der Waals surface area contributed by atoms with E-state index < -0.39 is 0 Å². The molecule has 0 unspecified atom stereocenters. The second-order valence-electron chi connectivity index (χ2n) is 6.30. The van der Waals surface area contributed by atoms with Gasteiger partial charge in [-0.25, -0.2) is 0 Å². The average molecular weight is 381 g/mol. The number of thioether (sulfide) groups is 1. The number of nitrogens with zero attached hydrogens (tertiary/aromatic N) is 3. The number of fused-ring (bicyclic) bond motifs is 1. The lowest BCUT2D eigenvalue weighted by Gasteiger charge is -2.18. The molecule has 0 saturated carbocycles. The first-order chi connectivity index (χ1) is 13.1. The second kappa shape index (κ2) is 7.44. The van der Waals surface area contributed by atoms with E-state index in [2.05, 4.69) is 16.3 Å². The highest BCUT2D eigenvalue weighted by Gasteiger charge is 2.17. The van der Waals surface area contributed by atoms with Crippen molar-refractivity contribution < 1.29 is 14.3 Å². The zero-order chi connectivity index (χ0) is 18.8. The predicted octanol–water partition coefficient (Wildman–Crippen LogP) is 3.54. The summed E-state index contributed by atoms with van der Waals surface area (Å²) in [6.07, 6.45) is 0. The summed E-state index contributed by atoms with van der Waals surface area (Å²) in [5, 5.41) is 9.22. The zero-order valence-electron chi connectivity index (χ0n) is 15.1. The van der Waals surface area contributed by atoms with Crippen LogP contribution in [0.1, 0.15) is 15.9 Å². The number of Topliss-reactive ketones (excluding diaryl/α,β-unsaturated/α-hetero) is 1. The van der Waals surface area contributed by atoms with Crippen LogP contribution in [0.15, 0.2) is 47.6 Å². The number of carbonyl (C=O) groups excluding carboxylic acids is 1. The number of hydrogen-bond acceptors (Lipinski definition) is 6. The second-order valence-corrected chi connectivity index (χ2v) is 7.25. The van der Waals surface area contributed by atoms with Gasteiger partial charge in [-0.2, -0.15) is 0 Å². The van der Waals surface area contributed by atoms with Crippen LogP contribution < -0.4 is 9.47 Å². The topological polar surface area (TPSA) is 66.2 Å². The summed E-state index contributed by atoms with van der Waals surface area (Å²) in [5.41, 5.74) is 2.78. The van der Waals surface area contributed by atoms with Crippen LogP contribution in [0, 0.1) is 6.92 Å². The van der Waals surface area contributed by atoms with Gasteiger partial charge < -0.3 is 14.0 Å². The van der Waals surface area contributed by atoms with Crippen LogP contribution in [0.5, 0.6) is 11.5 Å². The summed E-state index contributed by atoms with van der Waals surface area (Å²) in [6, 6.07) is 13.4. The molecule has 3 aromatic rings. The highest BCUT2D eigenvalue weighted by Crippen LogP contribution is 2.31. The Kier molecular flexibility index (Phi) is 4.85. The number of rotatable bonds is 5. The van der Waals surface area contributed by atoms with E-state index >= 15 is 0 Å². The van der Waals surface area contributed by atoms with Gasteiger partial charge in [0, 0.05) is 18.2 Å². The third-order valence-corrected chi connectivity index (χ3v) is 5.33. The molecule has 0 bridgehead atoms. The Bertz CT molecular complexity index is 1000. The Labute approximate surface area is 161 Å². The van der Waals surface area contributed by atoms with E-state index in [-0.39, 0.29) is 11.5 Å². The number of hydrogen-bond donors (Lipinski definition) is 0. The van der Waals surface area contributed by atoms with Crippen molar-refractivity contribution in [3.8, 4) is 22.9 Å². The van der Waals surface area contributed by atoms with Gasteiger partial charge in [-0.3, -0.25) is 4.79 Å². The molecule has 0 aliphatic carbocycles. The summed E-state index contributed by atoms with van der Waals surface area (Å²) in [4.78, 5) is 12.6. The molecule has 1 aromatic heterocycles. The molecule has 1 aliphatic rings. The molecule has 0 radical (unpaired) electrons. The van der Waals surface area contributed by atoms with E-state index in [4.69, 9.17) is 9.47 Å². The summed E-state index contributed by atoms with van der Waals surface area (Å²) < 4.78 is 13.0. The molecular weight excluding hydrogens is 362 g/mol. The molecule has 0 fully saturated rings. The molecule has 1 aliphatic heterocycles. The van der Waals surface area contributed by atoms with Crippen molar-refractivity contribution in [1.82, 2.24) is 14.8 Å². The molecule has 0 atom stereocenters. The third-order valence-electron chi connectivity index (χ3n) is 4.31. The van der Waals surface area contributed by atoms with Crippen molar-refractivity contribution in [3.63, 3.8) is 0 Å². The van der Waals surface area contributed by atoms with Crippen molar-refractivity contribution >= 4 is 17.5 Å². The number of carbonyl (C=O) groups is 1. The van der Waals surface area contributed by atoms with Crippen molar-refractivity contribution in [2.75, 3.05) is 19.0 Å². The summed E-state index contributed by atoms with van der Waals surface area (Å²) >= 11 is 1.37. The molecular formula is C20H19N3O3S. The Morgan fingerprint density at radius 2 is 1.93 bits per heavy atom. The van der Waals surface area contributed by atoms with Crippen molar-refractivity contribution in [2.45, 2.75) is 12.1 Å². The van der Waals surface area contributed by atoms with E-state index in [1.54, 1.807) is 18.2 Å². The Morgan fingerprint density at radius 3 is 2.74 bits per heavy atom. The molecule has 0 N–H and O–H groups in total. The average Bonchev–Trinajstić information content (AvgIpc) is 3.06. The summed E-state index contributed by atoms with van der Waals surface area (Å²) in [7, 11) is 1.91. The number of benzene rings is 2. The maximum Gasteiger partial charge on any atom is 0.191 e. The summed E-state index contributed by atoms with van der Waals surface area (Å²) in [5.74, 6) is 2.38. The lowest BCUT2D eigenvalue weighted by atomic mass is 10.1. The van der Waals surface area contributed by atoms with Gasteiger partial charge in [0.1, 0.15) is 13.2 Å². The number of aromatic nitrogens is 3. The van der Waals surface area contributed by atoms with Crippen molar-refractivity contribution in [1.29, 1.82) is 0 Å². The van der Waals surface area contributed by atoms with Crippen molar-refractivity contribution in [2.24, 2.45) is 7.05 Å². The normalized spacial score (nSPS) is 12.8. The first-order valence-corrected chi connectivity index (χ1v) is 9.62. The summed E-state index contributed by atoms with van der Waals surface area (Å²) in [6.45, 7) is 3.08. The van der Waals surface area contributed by atoms with Crippen LogP contribution >= 0.6 is 11.8 Å². The first-order valence-electron chi connectivity index (χ1n) is 8.64. The van der Waals surface area contributed by atoms with E-state index in [0.29, 0.717) is 35.4 Å². The molecule has 2 aromatic carbocycles. The van der Waals surface area contributed by atoms with E-state index in [9.17, 15) is 4.79 Å². The minimum atomic E-state index is 0.0112. The first kappa shape index (κ1) is 17.6. The van der Waals surface area contributed by atoms with Gasteiger partial charge in [-0.15, -0.1) is 10.2 Å². The number of ketones is 1. The zero-order valence-corrected chi connectivity index (χ0v) is 16.0. The fourth-order valence-electron chi connectivity index (χ4n) is 2.91. The van der Waals surface area contributed by atoms with Crippen LogP contribution in [0.2, 0.25) is 0 Å². The van der Waals surface area contributed by atoms with Gasteiger partial charge in [0.25, 0.3) is 0 Å². The SMILES string of the molecule is Cc1cccc(-c2nnc(SCC(=O)c3ccc4c(c3)OCCO4)n2C)c1. The van der Waals surface area contributed by atoms with Crippen LogP contribution in [-0.2, 0) is 7.05 Å². The minimum absolute atomic E-state index is 0.0112. The maximum atomic E-state index is 12.6. The van der Waals surface area contributed by atoms with Gasteiger partial charge in [0.15, 0.2) is 28.3 Å². The Hall–Kier alpha value is -2.80. The maximum absolute atomic E-state index is 12.6. The van der Waals surface area contributed by atoms with Crippen LogP contribution in [0.25, 0.3) is 11.4 Å². The van der Waals surface area contributed by atoms with E-state index in [1.807, 2.05) is 36.7 Å². The minimum Gasteiger partial charge on any atom is -0.486 e. The van der Waals surface area contributed by atoms with Crippen LogP contribution in [0.4, 0.5) is 0 Å². The van der Waals surface area contributed by atoms with Crippen LogP contribution in [0.3, 0.4) is 0 Å². The lowest BCUT2D eigenvalue weighted by Crippen LogP contribution is -2.16. The number of ether oxygens (including phenoxy) is 2. The molecule has 0 saturated heterocycles. The molecule has 6 nitrogen and oxygen atoms in total. The fraction of sp³-hybridized carbons (Fsp3) is 0.250. The quantitative estimate of drug-likeness (QED) is 0.497. The highest BCUT2D eigenvalue weighted by atomic mass is 32.2. The van der Waals surface area contributed by atoms with E-state index in [1.165, 1.54) is 17.3 Å². The Morgan fingerprint density at radius 1 is 1.11 bits per heavy atom. The molecule has 7 heteroatoms. The van der Waals surface area contributed by atoms with Gasteiger partial charge in [0.2, 0.25) is 0 Å². The van der Waals surface area contributed by atoms with Gasteiger partial charge in [-0.1, -0.05) is 35.5 Å². The molecule has 0 spiro atoms. The standard InChI is InChI=1S/C20H19N3O3S/c1-13-4-3-5-15(10-13)19-21-22-20(23(19)2)27-12-16(24)14-6-7-17-18(11-14)26-9-8-25-17/h3-7,10-11H,8-9,12H2,1-2H3. The molecule has 27 heavy (non-hydrogen) atoms. The largest absolute Gasteiger partial charge is 0.486 e. The smallest absolute Gasteiger partial charge is 0.191 e. The Balaban J connectivity index is 1.47. The highest BCUT2D eigenvalue weighted by molar-refractivity contribution is 7.99. The van der Waals surface area contributed by atoms with Crippen molar-refractivity contribution in [3.05, 3.63) is 53.6 Å². The van der Waals surface area contributed by atoms with Gasteiger partial charge in [0.05, 0.1) is 5.75 Å². The van der Waals surface area contributed by atoms with Gasteiger partial charge in [-0.05, 0) is 31.2 Å². The van der Waals surface area contributed by atoms with Crippen LogP contribution in [-0.4, -0.2) is 39.5 Å².